The monoisotopic (exact) mass is 307 g/mol. The maximum Gasteiger partial charge on any atom is 1.00 e. The molecule has 0 aromatic rings. The number of hydrogen-bond donors (Lipinski definition) is 2. The summed E-state index contributed by atoms with van der Waals surface area (Å²) in [4.78, 5) is 21.1. The van der Waals surface area contributed by atoms with Crippen LogP contribution < -0.4 is 74.2 Å². The third-order valence-electron chi connectivity index (χ3n) is 1.38. The molecule has 0 aromatic carbocycles. The Morgan fingerprint density at radius 3 is 2.15 bits per heavy atom. The molecule has 0 rings (SSSR count). The average molecular weight is 307 g/mol. The molecule has 0 aliphatic heterocycles. The Labute approximate surface area is 139 Å². The first kappa shape index (κ1) is 16.4. The summed E-state index contributed by atoms with van der Waals surface area (Å²) in [6.07, 6.45) is 0.467. The van der Waals surface area contributed by atoms with Gasteiger partial charge >= 0.3 is 74.9 Å². The minimum Gasteiger partial charge on any atom is -1.00 e. The summed E-state index contributed by atoms with van der Waals surface area (Å²) < 4.78 is 0. The van der Waals surface area contributed by atoms with Gasteiger partial charge in [-0.3, -0.25) is 4.79 Å². The molecular weight excluding hydrogens is 291 g/mol. The fraction of sp³-hybridized carbons (Fsp3) is 0.750. The van der Waals surface area contributed by atoms with Crippen molar-refractivity contribution in [1.82, 2.24) is 5.32 Å². The smallest absolute Gasteiger partial charge is 1.00 e. The van der Waals surface area contributed by atoms with Gasteiger partial charge in [-0.1, -0.05) is 13.8 Å². The van der Waals surface area contributed by atoms with Gasteiger partial charge in [-0.25, -0.2) is 4.79 Å². The normalized spacial score (nSPS) is 11.7. The quantitative estimate of drug-likeness (QED) is 0.616. The standard InChI is InChI=1S/C8H15NO3.Cs.H/c1-5(2)4-7(8(11)12)9-6(3)10;;/h5,7H,4H2,1-3H3,(H,9,10)(H,11,12);;/q;+1;-1/t7-;;/m0../s1. The van der Waals surface area contributed by atoms with Crippen molar-refractivity contribution < 1.29 is 85.0 Å². The van der Waals surface area contributed by atoms with E-state index >= 15 is 0 Å². The van der Waals surface area contributed by atoms with Gasteiger partial charge in [0.25, 0.3) is 0 Å². The van der Waals surface area contributed by atoms with E-state index in [1.165, 1.54) is 6.92 Å². The van der Waals surface area contributed by atoms with Crippen LogP contribution in [0.25, 0.3) is 0 Å². The van der Waals surface area contributed by atoms with Gasteiger partial charge in [0.15, 0.2) is 0 Å². The predicted molar refractivity (Wildman–Crippen MR) is 45.8 cm³/mol. The predicted octanol–water partition coefficient (Wildman–Crippen LogP) is -2.26. The van der Waals surface area contributed by atoms with Gasteiger partial charge in [0.2, 0.25) is 5.91 Å². The molecule has 2 N–H and O–H groups in total. The molecule has 0 aliphatic rings. The van der Waals surface area contributed by atoms with Gasteiger partial charge in [-0.15, -0.1) is 0 Å². The van der Waals surface area contributed by atoms with E-state index in [0.29, 0.717) is 6.42 Å². The molecule has 0 spiro atoms. The minimum atomic E-state index is -0.973. The molecule has 13 heavy (non-hydrogen) atoms. The Bertz CT molecular complexity index is 187. The number of carbonyl (C=O) groups is 2. The number of aliphatic carboxylic acids is 1. The summed E-state index contributed by atoms with van der Waals surface area (Å²) in [6, 6.07) is -0.748. The van der Waals surface area contributed by atoms with E-state index in [0.717, 1.165) is 0 Å². The van der Waals surface area contributed by atoms with Crippen LogP contribution in [-0.4, -0.2) is 23.0 Å². The number of rotatable bonds is 4. The molecule has 0 unspecified atom stereocenters. The van der Waals surface area contributed by atoms with Crippen molar-refractivity contribution in [3.8, 4) is 0 Å². The van der Waals surface area contributed by atoms with Crippen molar-refractivity contribution in [1.29, 1.82) is 0 Å². The van der Waals surface area contributed by atoms with Crippen molar-refractivity contribution in [3.63, 3.8) is 0 Å². The van der Waals surface area contributed by atoms with Gasteiger partial charge in [0, 0.05) is 6.92 Å². The second kappa shape index (κ2) is 8.31. The number of carboxylic acid groups (broad SMARTS) is 1. The van der Waals surface area contributed by atoms with E-state index in [1.54, 1.807) is 0 Å². The topological polar surface area (TPSA) is 66.4 Å². The van der Waals surface area contributed by atoms with E-state index in [1.807, 2.05) is 13.8 Å². The first-order chi connectivity index (χ1) is 5.43. The first-order valence-corrected chi connectivity index (χ1v) is 3.93. The zero-order valence-corrected chi connectivity index (χ0v) is 14.9. The van der Waals surface area contributed by atoms with E-state index in [4.69, 9.17) is 5.11 Å². The van der Waals surface area contributed by atoms with Crippen molar-refractivity contribution >= 4 is 11.9 Å². The van der Waals surface area contributed by atoms with E-state index in [2.05, 4.69) is 5.32 Å². The molecule has 0 fully saturated rings. The zero-order valence-electron chi connectivity index (χ0n) is 9.63. The zero-order chi connectivity index (χ0) is 9.72. The summed E-state index contributed by atoms with van der Waals surface area (Å²) in [6.45, 7) is 5.14. The van der Waals surface area contributed by atoms with Crippen molar-refractivity contribution in [2.24, 2.45) is 5.92 Å². The van der Waals surface area contributed by atoms with Gasteiger partial charge in [0.1, 0.15) is 6.04 Å². The van der Waals surface area contributed by atoms with Crippen LogP contribution in [0.4, 0.5) is 0 Å². The van der Waals surface area contributed by atoms with Gasteiger partial charge < -0.3 is 11.8 Å². The third-order valence-corrected chi connectivity index (χ3v) is 1.38. The van der Waals surface area contributed by atoms with Crippen molar-refractivity contribution in [3.05, 3.63) is 0 Å². The molecule has 4 nitrogen and oxygen atoms in total. The van der Waals surface area contributed by atoms with Crippen LogP contribution in [0.15, 0.2) is 0 Å². The van der Waals surface area contributed by atoms with Crippen LogP contribution in [-0.2, 0) is 9.59 Å². The second-order valence-electron chi connectivity index (χ2n) is 3.22. The number of carboxylic acids is 1. The minimum absolute atomic E-state index is 0. The Morgan fingerprint density at radius 2 is 1.92 bits per heavy atom. The van der Waals surface area contributed by atoms with Gasteiger partial charge in [0.05, 0.1) is 0 Å². The fourth-order valence-electron chi connectivity index (χ4n) is 0.938. The fourth-order valence-corrected chi connectivity index (χ4v) is 0.938. The molecule has 0 aromatic heterocycles. The Morgan fingerprint density at radius 1 is 1.46 bits per heavy atom. The van der Waals surface area contributed by atoms with Crippen LogP contribution in [0.3, 0.4) is 0 Å². The Kier molecular flexibility index (Phi) is 10.5. The van der Waals surface area contributed by atoms with E-state index < -0.39 is 12.0 Å². The second-order valence-corrected chi connectivity index (χ2v) is 3.22. The molecule has 0 aliphatic carbocycles. The maximum absolute atomic E-state index is 10.6. The number of nitrogens with one attached hydrogen (secondary N) is 1. The molecule has 1 atom stereocenters. The SMILES string of the molecule is CC(=O)N[C@@H](CC(C)C)C(=O)O.[Cs+].[H-]. The van der Waals surface area contributed by atoms with Crippen LogP contribution >= 0.6 is 0 Å². The number of amides is 1. The molecule has 0 radical (unpaired) electrons. The Hall–Kier alpha value is 0.992. The molecule has 1 amide bonds. The number of hydrogen-bond acceptors (Lipinski definition) is 2. The molecular formula is C8H16CsNO3. The third kappa shape index (κ3) is 9.30. The molecule has 0 saturated heterocycles. The summed E-state index contributed by atoms with van der Waals surface area (Å²) in [5.41, 5.74) is 0. The Balaban J connectivity index is -0.000000605. The van der Waals surface area contributed by atoms with E-state index in [-0.39, 0.29) is 82.1 Å². The summed E-state index contributed by atoms with van der Waals surface area (Å²) in [5.74, 6) is -1.01. The molecule has 0 saturated carbocycles. The first-order valence-electron chi connectivity index (χ1n) is 3.93. The molecule has 0 bridgehead atoms. The summed E-state index contributed by atoms with van der Waals surface area (Å²) in [7, 11) is 0. The van der Waals surface area contributed by atoms with Crippen LogP contribution in [0.5, 0.6) is 0 Å². The molecule has 0 heterocycles. The summed E-state index contributed by atoms with van der Waals surface area (Å²) >= 11 is 0. The maximum atomic E-state index is 10.6. The van der Waals surface area contributed by atoms with E-state index in [9.17, 15) is 9.59 Å². The van der Waals surface area contributed by atoms with Crippen molar-refractivity contribution in [2.75, 3.05) is 0 Å². The largest absolute Gasteiger partial charge is 1.00 e. The van der Waals surface area contributed by atoms with Crippen LogP contribution in [0, 0.1) is 5.92 Å². The average Bonchev–Trinajstić information content (AvgIpc) is 1.83. The van der Waals surface area contributed by atoms with Gasteiger partial charge in [-0.2, -0.15) is 0 Å². The molecule has 72 valence electrons. The van der Waals surface area contributed by atoms with Crippen LogP contribution in [0.1, 0.15) is 28.6 Å². The van der Waals surface area contributed by atoms with Crippen molar-refractivity contribution in [2.45, 2.75) is 33.2 Å². The summed E-state index contributed by atoms with van der Waals surface area (Å²) in [5, 5.41) is 11.0. The molecule has 5 heteroatoms. The van der Waals surface area contributed by atoms with Gasteiger partial charge in [-0.05, 0) is 12.3 Å². The number of carbonyl (C=O) groups excluding carboxylic acids is 1. The van der Waals surface area contributed by atoms with Crippen LogP contribution in [0.2, 0.25) is 0 Å².